The number of nitrogens with zero attached hydrogens (tertiary/aromatic N) is 2. The number of nitro benzene ring substituents is 1. The highest BCUT2D eigenvalue weighted by molar-refractivity contribution is 5.97. The minimum Gasteiger partial charge on any atom is -0.493 e. The van der Waals surface area contributed by atoms with Crippen LogP contribution in [0.5, 0.6) is 11.5 Å². The number of non-ortho nitro benzene ring substituents is 1. The highest BCUT2D eigenvalue weighted by Gasteiger charge is 2.23. The van der Waals surface area contributed by atoms with Crippen LogP contribution in [0.4, 0.5) is 11.4 Å². The maximum Gasteiger partial charge on any atom is 0.341 e. The number of benzene rings is 2. The summed E-state index contributed by atoms with van der Waals surface area (Å²) >= 11 is 0. The molecule has 10 nitrogen and oxygen atoms in total. The molecule has 0 atom stereocenters. The molecule has 0 aliphatic carbocycles. The molecule has 1 aliphatic heterocycles. The van der Waals surface area contributed by atoms with Crippen LogP contribution in [0.25, 0.3) is 0 Å². The normalized spacial score (nSPS) is 13.2. The highest BCUT2D eigenvalue weighted by Crippen LogP contribution is 2.29. The molecule has 10 heteroatoms. The minimum absolute atomic E-state index is 0.0822. The molecule has 1 fully saturated rings. The zero-order valence-electron chi connectivity index (χ0n) is 18.7. The molecular formula is C23H27N3O7. The SMILES string of the molecule is COc1ccc(CNC(=O)COC(=O)c2cc([N+](=O)[O-])ccc2N2CCCCC2)cc1OC. The van der Waals surface area contributed by atoms with Crippen LogP contribution in [0, 0.1) is 10.1 Å². The summed E-state index contributed by atoms with van der Waals surface area (Å²) in [5.41, 5.74) is 1.23. The first-order valence-corrected chi connectivity index (χ1v) is 10.6. The Labute approximate surface area is 191 Å². The number of amides is 1. The number of piperidine rings is 1. The van der Waals surface area contributed by atoms with E-state index in [2.05, 4.69) is 5.32 Å². The summed E-state index contributed by atoms with van der Waals surface area (Å²) in [4.78, 5) is 37.6. The summed E-state index contributed by atoms with van der Waals surface area (Å²) in [7, 11) is 3.05. The summed E-state index contributed by atoms with van der Waals surface area (Å²) in [6.45, 7) is 1.20. The zero-order chi connectivity index (χ0) is 23.8. The summed E-state index contributed by atoms with van der Waals surface area (Å²) in [6.07, 6.45) is 3.05. The second-order valence-electron chi connectivity index (χ2n) is 7.55. The van der Waals surface area contributed by atoms with Crippen molar-refractivity contribution in [2.45, 2.75) is 25.8 Å². The van der Waals surface area contributed by atoms with Gasteiger partial charge in [0.2, 0.25) is 0 Å². The summed E-state index contributed by atoms with van der Waals surface area (Å²) in [6, 6.07) is 9.38. The molecule has 0 saturated carbocycles. The van der Waals surface area contributed by atoms with Crippen LogP contribution in [-0.4, -0.2) is 50.7 Å². The maximum absolute atomic E-state index is 12.7. The third kappa shape index (κ3) is 6.12. The van der Waals surface area contributed by atoms with Crippen LogP contribution in [0.3, 0.4) is 0 Å². The first-order valence-electron chi connectivity index (χ1n) is 10.6. The van der Waals surface area contributed by atoms with Crippen molar-refractivity contribution in [3.05, 3.63) is 57.6 Å². The van der Waals surface area contributed by atoms with E-state index in [-0.39, 0.29) is 17.8 Å². The van der Waals surface area contributed by atoms with Gasteiger partial charge in [0.05, 0.1) is 30.4 Å². The van der Waals surface area contributed by atoms with E-state index < -0.39 is 23.4 Å². The number of hydrogen-bond acceptors (Lipinski definition) is 8. The van der Waals surface area contributed by atoms with Gasteiger partial charge in [-0.05, 0) is 43.0 Å². The fourth-order valence-corrected chi connectivity index (χ4v) is 3.66. The Morgan fingerprint density at radius 1 is 1.03 bits per heavy atom. The van der Waals surface area contributed by atoms with E-state index in [1.165, 1.54) is 26.4 Å². The third-order valence-corrected chi connectivity index (χ3v) is 5.38. The number of esters is 1. The number of carbonyl (C=O) groups excluding carboxylic acids is 2. The van der Waals surface area contributed by atoms with Crippen LogP contribution in [0.2, 0.25) is 0 Å². The van der Waals surface area contributed by atoms with E-state index in [1.807, 2.05) is 4.90 Å². The smallest absolute Gasteiger partial charge is 0.341 e. The van der Waals surface area contributed by atoms with E-state index in [0.29, 0.717) is 17.2 Å². The van der Waals surface area contributed by atoms with Crippen molar-refractivity contribution in [2.24, 2.45) is 0 Å². The topological polar surface area (TPSA) is 120 Å². The Bertz CT molecular complexity index is 1020. The van der Waals surface area contributed by atoms with E-state index >= 15 is 0 Å². The van der Waals surface area contributed by atoms with E-state index in [9.17, 15) is 19.7 Å². The van der Waals surface area contributed by atoms with Crippen molar-refractivity contribution in [3.63, 3.8) is 0 Å². The summed E-state index contributed by atoms with van der Waals surface area (Å²) in [5, 5.41) is 13.9. The molecule has 0 unspecified atom stereocenters. The van der Waals surface area contributed by atoms with Crippen LogP contribution in [-0.2, 0) is 16.1 Å². The molecule has 3 rings (SSSR count). The number of methoxy groups -OCH3 is 2. The van der Waals surface area contributed by atoms with Gasteiger partial charge in [0, 0.05) is 31.8 Å². The van der Waals surface area contributed by atoms with Gasteiger partial charge in [-0.25, -0.2) is 4.79 Å². The van der Waals surface area contributed by atoms with Gasteiger partial charge in [0.15, 0.2) is 18.1 Å². The molecule has 0 aromatic heterocycles. The summed E-state index contributed by atoms with van der Waals surface area (Å²) in [5.74, 6) is -0.168. The van der Waals surface area contributed by atoms with Gasteiger partial charge in [0.1, 0.15) is 0 Å². The van der Waals surface area contributed by atoms with E-state index in [0.717, 1.165) is 37.9 Å². The Morgan fingerprint density at radius 2 is 1.76 bits per heavy atom. The molecule has 0 radical (unpaired) electrons. The number of nitrogens with one attached hydrogen (secondary N) is 1. The molecule has 33 heavy (non-hydrogen) atoms. The molecule has 1 aliphatic rings. The molecule has 2 aromatic carbocycles. The number of nitro groups is 1. The highest BCUT2D eigenvalue weighted by atomic mass is 16.6. The monoisotopic (exact) mass is 457 g/mol. The fourth-order valence-electron chi connectivity index (χ4n) is 3.66. The lowest BCUT2D eigenvalue weighted by molar-refractivity contribution is -0.384. The van der Waals surface area contributed by atoms with E-state index in [4.69, 9.17) is 14.2 Å². The minimum atomic E-state index is -0.777. The second kappa shape index (κ2) is 11.2. The molecule has 0 spiro atoms. The van der Waals surface area contributed by atoms with Crippen molar-refractivity contribution in [1.29, 1.82) is 0 Å². The number of hydrogen-bond donors (Lipinski definition) is 1. The molecule has 0 bridgehead atoms. The van der Waals surface area contributed by atoms with Crippen LogP contribution < -0.4 is 19.7 Å². The second-order valence-corrected chi connectivity index (χ2v) is 7.55. The van der Waals surface area contributed by atoms with Crippen LogP contribution >= 0.6 is 0 Å². The Hall–Kier alpha value is -3.82. The molecule has 1 amide bonds. The lowest BCUT2D eigenvalue weighted by Crippen LogP contribution is -2.32. The van der Waals surface area contributed by atoms with Crippen molar-refractivity contribution in [1.82, 2.24) is 5.32 Å². The maximum atomic E-state index is 12.7. The van der Waals surface area contributed by atoms with Gasteiger partial charge in [-0.3, -0.25) is 14.9 Å². The molecular weight excluding hydrogens is 430 g/mol. The number of rotatable bonds is 9. The zero-order valence-corrected chi connectivity index (χ0v) is 18.7. The number of carbonyl (C=O) groups is 2. The first kappa shape index (κ1) is 23.8. The standard InChI is InChI=1S/C23H27N3O7/c1-31-20-9-6-16(12-21(20)32-2)14-24-22(27)15-33-23(28)18-13-17(26(29)30)7-8-19(18)25-10-4-3-5-11-25/h6-9,12-13H,3-5,10-11,14-15H2,1-2H3,(H,24,27). The van der Waals surface area contributed by atoms with Gasteiger partial charge < -0.3 is 24.4 Å². The van der Waals surface area contributed by atoms with Crippen LogP contribution in [0.15, 0.2) is 36.4 Å². The molecule has 1 N–H and O–H groups in total. The van der Waals surface area contributed by atoms with Gasteiger partial charge in [-0.15, -0.1) is 0 Å². The lowest BCUT2D eigenvalue weighted by Gasteiger charge is -2.30. The van der Waals surface area contributed by atoms with Gasteiger partial charge in [-0.2, -0.15) is 0 Å². The molecule has 1 heterocycles. The largest absolute Gasteiger partial charge is 0.493 e. The lowest BCUT2D eigenvalue weighted by atomic mass is 10.1. The summed E-state index contributed by atoms with van der Waals surface area (Å²) < 4.78 is 15.6. The molecule has 2 aromatic rings. The van der Waals surface area contributed by atoms with Crippen LogP contribution in [0.1, 0.15) is 35.2 Å². The van der Waals surface area contributed by atoms with Crippen molar-refractivity contribution in [3.8, 4) is 11.5 Å². The van der Waals surface area contributed by atoms with Crippen molar-refractivity contribution < 1.29 is 28.7 Å². The fraction of sp³-hybridized carbons (Fsp3) is 0.391. The van der Waals surface area contributed by atoms with E-state index in [1.54, 1.807) is 24.3 Å². The predicted molar refractivity (Wildman–Crippen MR) is 121 cm³/mol. The van der Waals surface area contributed by atoms with Gasteiger partial charge in [0.25, 0.3) is 11.6 Å². The Balaban J connectivity index is 1.63. The molecule has 1 saturated heterocycles. The Kier molecular flexibility index (Phi) is 8.06. The number of ether oxygens (including phenoxy) is 3. The molecule has 176 valence electrons. The average Bonchev–Trinajstić information content (AvgIpc) is 2.85. The quantitative estimate of drug-likeness (QED) is 0.347. The first-order chi connectivity index (χ1) is 15.9. The van der Waals surface area contributed by atoms with Crippen molar-refractivity contribution in [2.75, 3.05) is 38.8 Å². The number of anilines is 1. The van der Waals surface area contributed by atoms with Gasteiger partial charge in [-0.1, -0.05) is 6.07 Å². The average molecular weight is 457 g/mol. The van der Waals surface area contributed by atoms with Gasteiger partial charge >= 0.3 is 5.97 Å². The predicted octanol–water partition coefficient (Wildman–Crippen LogP) is 3.08. The Morgan fingerprint density at radius 3 is 2.42 bits per heavy atom. The van der Waals surface area contributed by atoms with Crippen molar-refractivity contribution >= 4 is 23.3 Å². The third-order valence-electron chi connectivity index (χ3n) is 5.38.